The number of alkyl halides is 3. The first-order valence-corrected chi connectivity index (χ1v) is 9.96. The minimum atomic E-state index is -5.07. The molecule has 170 valence electrons. The molecule has 0 radical (unpaired) electrons. The van der Waals surface area contributed by atoms with Crippen LogP contribution in [0.15, 0.2) is 30.5 Å². The summed E-state index contributed by atoms with van der Waals surface area (Å²) in [6.45, 7) is 3.17. The first kappa shape index (κ1) is 22.2. The standard InChI is InChI=1S/C22H20F5N3O2/c1-3-11-8-21(32,22(25,26)27)20(13-4-5-15(24)19(31)18(11)13)30-17-7-12(23)6-16-14(17)9-28-10(2)29-16/h4-7,9,11,20,30-32H,3,8H2,1-2H3/t11?,20?,21-/m1/s1. The molecule has 1 heterocycles. The SMILES string of the molecule is CCC1C[C@](O)(C(F)(F)F)C(Nc2cc(F)cc3nc(C)ncc23)c2ccc(F)c(O)c21. The highest BCUT2D eigenvalue weighted by molar-refractivity contribution is 5.91. The van der Waals surface area contributed by atoms with Gasteiger partial charge in [0, 0.05) is 28.9 Å². The van der Waals surface area contributed by atoms with Crippen LogP contribution in [0.2, 0.25) is 0 Å². The summed E-state index contributed by atoms with van der Waals surface area (Å²) >= 11 is 0. The second kappa shape index (κ2) is 7.54. The van der Waals surface area contributed by atoms with Crippen molar-refractivity contribution >= 4 is 16.6 Å². The monoisotopic (exact) mass is 453 g/mol. The third-order valence-corrected chi connectivity index (χ3v) is 6.03. The van der Waals surface area contributed by atoms with Crippen molar-refractivity contribution in [2.24, 2.45) is 0 Å². The average Bonchev–Trinajstić information content (AvgIpc) is 2.70. The Morgan fingerprint density at radius 1 is 1.22 bits per heavy atom. The van der Waals surface area contributed by atoms with E-state index < -0.39 is 47.5 Å². The summed E-state index contributed by atoms with van der Waals surface area (Å²) in [4.78, 5) is 8.13. The van der Waals surface area contributed by atoms with Crippen LogP contribution in [0, 0.1) is 18.6 Å². The summed E-state index contributed by atoms with van der Waals surface area (Å²) in [6, 6.07) is 2.19. The van der Waals surface area contributed by atoms with Crippen LogP contribution in [0.25, 0.3) is 10.9 Å². The molecule has 10 heteroatoms. The smallest absolute Gasteiger partial charge is 0.419 e. The third kappa shape index (κ3) is 3.42. The van der Waals surface area contributed by atoms with Gasteiger partial charge < -0.3 is 15.5 Å². The summed E-state index contributed by atoms with van der Waals surface area (Å²) in [7, 11) is 0. The number of phenols is 1. The van der Waals surface area contributed by atoms with Gasteiger partial charge in [-0.05, 0) is 43.4 Å². The van der Waals surface area contributed by atoms with Crippen LogP contribution in [0.5, 0.6) is 5.75 Å². The number of nitrogens with one attached hydrogen (secondary N) is 1. The maximum absolute atomic E-state index is 14.3. The quantitative estimate of drug-likeness (QED) is 0.471. The number of hydrogen-bond donors (Lipinski definition) is 3. The Morgan fingerprint density at radius 3 is 2.59 bits per heavy atom. The average molecular weight is 453 g/mol. The van der Waals surface area contributed by atoms with E-state index in [-0.39, 0.29) is 34.1 Å². The molecule has 4 rings (SSSR count). The van der Waals surface area contributed by atoms with Gasteiger partial charge in [0.15, 0.2) is 17.2 Å². The Labute approximate surface area is 179 Å². The molecule has 2 unspecified atom stereocenters. The lowest BCUT2D eigenvalue weighted by Gasteiger charge is -2.45. The number of anilines is 1. The zero-order chi connectivity index (χ0) is 23.4. The number of halogens is 5. The molecular formula is C22H20F5N3O2. The topological polar surface area (TPSA) is 78.3 Å². The maximum atomic E-state index is 14.3. The van der Waals surface area contributed by atoms with Gasteiger partial charge in [0.1, 0.15) is 11.6 Å². The van der Waals surface area contributed by atoms with E-state index in [1.807, 2.05) is 0 Å². The summed E-state index contributed by atoms with van der Waals surface area (Å²) < 4.78 is 70.9. The van der Waals surface area contributed by atoms with Crippen molar-refractivity contribution in [2.45, 2.75) is 50.4 Å². The molecule has 5 nitrogen and oxygen atoms in total. The Kier molecular flexibility index (Phi) is 5.23. The van der Waals surface area contributed by atoms with E-state index in [4.69, 9.17) is 0 Å². The normalized spacial score (nSPS) is 23.2. The molecule has 0 aliphatic heterocycles. The lowest BCUT2D eigenvalue weighted by Crippen LogP contribution is -2.55. The predicted molar refractivity (Wildman–Crippen MR) is 107 cm³/mol. The number of nitrogens with zero attached hydrogens (tertiary/aromatic N) is 2. The largest absolute Gasteiger partial charge is 0.505 e. The van der Waals surface area contributed by atoms with Crippen LogP contribution in [0.4, 0.5) is 27.6 Å². The number of aromatic nitrogens is 2. The van der Waals surface area contributed by atoms with E-state index in [0.29, 0.717) is 5.82 Å². The van der Waals surface area contributed by atoms with E-state index in [2.05, 4.69) is 15.3 Å². The van der Waals surface area contributed by atoms with Crippen LogP contribution >= 0.6 is 0 Å². The molecule has 0 saturated heterocycles. The molecule has 0 saturated carbocycles. The molecule has 1 aromatic heterocycles. The van der Waals surface area contributed by atoms with Crippen molar-refractivity contribution in [3.05, 3.63) is 59.0 Å². The van der Waals surface area contributed by atoms with E-state index >= 15 is 0 Å². The van der Waals surface area contributed by atoms with Gasteiger partial charge in [-0.25, -0.2) is 18.7 Å². The van der Waals surface area contributed by atoms with Crippen LogP contribution in [0.3, 0.4) is 0 Å². The Morgan fingerprint density at radius 2 is 1.94 bits per heavy atom. The van der Waals surface area contributed by atoms with Crippen molar-refractivity contribution in [3.8, 4) is 5.75 Å². The van der Waals surface area contributed by atoms with E-state index in [1.165, 1.54) is 6.20 Å². The van der Waals surface area contributed by atoms with Crippen molar-refractivity contribution in [2.75, 3.05) is 5.32 Å². The number of benzene rings is 2. The van der Waals surface area contributed by atoms with Gasteiger partial charge in [0.05, 0.1) is 11.6 Å². The molecule has 0 bridgehead atoms. The number of phenolic OH excluding ortho intramolecular Hbond substituents is 1. The highest BCUT2D eigenvalue weighted by Gasteiger charge is 2.62. The summed E-state index contributed by atoms with van der Waals surface area (Å²) in [5.74, 6) is -3.08. The number of aliphatic hydroxyl groups is 1. The van der Waals surface area contributed by atoms with Gasteiger partial charge in [0.2, 0.25) is 0 Å². The molecule has 1 aliphatic carbocycles. The lowest BCUT2D eigenvalue weighted by atomic mass is 9.69. The Balaban J connectivity index is 1.95. The van der Waals surface area contributed by atoms with Gasteiger partial charge in [-0.3, -0.25) is 0 Å². The fourth-order valence-electron chi connectivity index (χ4n) is 4.42. The fraction of sp³-hybridized carbons (Fsp3) is 0.364. The molecule has 32 heavy (non-hydrogen) atoms. The fourth-order valence-corrected chi connectivity index (χ4v) is 4.42. The minimum Gasteiger partial charge on any atom is -0.505 e. The van der Waals surface area contributed by atoms with E-state index in [9.17, 15) is 32.2 Å². The van der Waals surface area contributed by atoms with Gasteiger partial charge in [-0.1, -0.05) is 13.0 Å². The van der Waals surface area contributed by atoms with Gasteiger partial charge >= 0.3 is 6.18 Å². The summed E-state index contributed by atoms with van der Waals surface area (Å²) in [5, 5.41) is 24.1. The van der Waals surface area contributed by atoms with Crippen LogP contribution in [-0.4, -0.2) is 32.0 Å². The highest BCUT2D eigenvalue weighted by Crippen LogP contribution is 2.55. The first-order valence-electron chi connectivity index (χ1n) is 9.96. The Hall–Kier alpha value is -3.01. The summed E-state index contributed by atoms with van der Waals surface area (Å²) in [5.41, 5.74) is -3.30. The first-order chi connectivity index (χ1) is 15.0. The highest BCUT2D eigenvalue weighted by atomic mass is 19.4. The molecule has 3 atom stereocenters. The number of hydrogen-bond acceptors (Lipinski definition) is 5. The summed E-state index contributed by atoms with van der Waals surface area (Å²) in [6.07, 6.45) is -4.41. The molecule has 0 amide bonds. The Bertz CT molecular complexity index is 1200. The predicted octanol–water partition coefficient (Wildman–Crippen LogP) is 5.27. The minimum absolute atomic E-state index is 0.00766. The second-order valence-electron chi connectivity index (χ2n) is 8.01. The molecule has 0 spiro atoms. The zero-order valence-corrected chi connectivity index (χ0v) is 17.1. The molecule has 3 N–H and O–H groups in total. The van der Waals surface area contributed by atoms with Crippen molar-refractivity contribution < 1.29 is 32.2 Å². The van der Waals surface area contributed by atoms with Crippen LogP contribution in [0.1, 0.15) is 48.7 Å². The number of aryl methyl sites for hydroxylation is 1. The van der Waals surface area contributed by atoms with Crippen molar-refractivity contribution in [1.29, 1.82) is 0 Å². The van der Waals surface area contributed by atoms with Gasteiger partial charge in [0.25, 0.3) is 0 Å². The van der Waals surface area contributed by atoms with Crippen molar-refractivity contribution in [1.82, 2.24) is 9.97 Å². The third-order valence-electron chi connectivity index (χ3n) is 6.03. The number of fused-ring (bicyclic) bond motifs is 2. The molecular weight excluding hydrogens is 433 g/mol. The zero-order valence-electron chi connectivity index (χ0n) is 17.1. The van der Waals surface area contributed by atoms with E-state index in [1.54, 1.807) is 13.8 Å². The number of aromatic hydroxyl groups is 1. The molecule has 2 aromatic carbocycles. The van der Waals surface area contributed by atoms with Gasteiger partial charge in [-0.15, -0.1) is 0 Å². The van der Waals surface area contributed by atoms with Crippen LogP contribution in [-0.2, 0) is 0 Å². The van der Waals surface area contributed by atoms with E-state index in [0.717, 1.165) is 24.3 Å². The number of rotatable bonds is 3. The molecule has 0 fully saturated rings. The molecule has 1 aliphatic rings. The van der Waals surface area contributed by atoms with Crippen LogP contribution < -0.4 is 5.32 Å². The van der Waals surface area contributed by atoms with Crippen molar-refractivity contribution in [3.63, 3.8) is 0 Å². The molecule has 3 aromatic rings. The maximum Gasteiger partial charge on any atom is 0.419 e. The lowest BCUT2D eigenvalue weighted by molar-refractivity contribution is -0.272. The second-order valence-corrected chi connectivity index (χ2v) is 8.01. The van der Waals surface area contributed by atoms with Gasteiger partial charge in [-0.2, -0.15) is 13.2 Å².